The van der Waals surface area contributed by atoms with E-state index in [4.69, 9.17) is 9.47 Å². The summed E-state index contributed by atoms with van der Waals surface area (Å²) < 4.78 is 24.8. The normalized spacial score (nSPS) is 11.5. The summed E-state index contributed by atoms with van der Waals surface area (Å²) in [6, 6.07) is 11.0. The van der Waals surface area contributed by atoms with Crippen molar-refractivity contribution in [1.82, 2.24) is 15.3 Å². The molecule has 3 aromatic rings. The van der Waals surface area contributed by atoms with Crippen LogP contribution in [0.3, 0.4) is 0 Å². The molecule has 3 rings (SSSR count). The first kappa shape index (κ1) is 21.7. The summed E-state index contributed by atoms with van der Waals surface area (Å²) in [5.41, 5.74) is 0.891. The number of nitrogens with one attached hydrogen (secondary N) is 1. The van der Waals surface area contributed by atoms with Gasteiger partial charge in [0.1, 0.15) is 23.0 Å². The number of ether oxygens (including phenoxy) is 2. The van der Waals surface area contributed by atoms with Gasteiger partial charge in [-0.15, -0.1) is 0 Å². The van der Waals surface area contributed by atoms with Gasteiger partial charge in [-0.2, -0.15) is 0 Å². The minimum Gasteiger partial charge on any atom is -0.494 e. The van der Waals surface area contributed by atoms with Gasteiger partial charge in [0.2, 0.25) is 5.88 Å². The Morgan fingerprint density at radius 2 is 1.87 bits per heavy atom. The highest BCUT2D eigenvalue weighted by Gasteiger charge is 2.23. The van der Waals surface area contributed by atoms with Crippen molar-refractivity contribution in [3.05, 3.63) is 71.8 Å². The average Bonchev–Trinajstić information content (AvgIpc) is 2.78. The predicted octanol–water partition coefficient (Wildman–Crippen LogP) is 3.25. The Hall–Kier alpha value is -4.01. The molecule has 0 aliphatic heterocycles. The zero-order valence-corrected chi connectivity index (χ0v) is 16.8. The third-order valence-electron chi connectivity index (χ3n) is 4.50. The lowest BCUT2D eigenvalue weighted by Crippen LogP contribution is -2.31. The number of aromatic nitrogens is 2. The molecular weight excluding hydrogens is 405 g/mol. The molecule has 0 saturated carbocycles. The Balaban J connectivity index is 1.97. The van der Waals surface area contributed by atoms with Crippen LogP contribution in [-0.4, -0.2) is 41.2 Å². The fourth-order valence-corrected chi connectivity index (χ4v) is 3.07. The number of pyridine rings is 2. The van der Waals surface area contributed by atoms with Gasteiger partial charge >= 0.3 is 5.97 Å². The first-order valence-electron chi connectivity index (χ1n) is 9.26. The van der Waals surface area contributed by atoms with Crippen LogP contribution in [0.15, 0.2) is 54.7 Å². The number of halogens is 1. The van der Waals surface area contributed by atoms with Crippen LogP contribution in [0.25, 0.3) is 11.3 Å². The van der Waals surface area contributed by atoms with E-state index in [2.05, 4.69) is 15.3 Å². The molecule has 0 fully saturated rings. The summed E-state index contributed by atoms with van der Waals surface area (Å²) in [4.78, 5) is 32.7. The summed E-state index contributed by atoms with van der Waals surface area (Å²) >= 11 is 0. The van der Waals surface area contributed by atoms with Crippen LogP contribution in [0, 0.1) is 5.82 Å². The zero-order chi connectivity index (χ0) is 22.4. The third kappa shape index (κ3) is 4.95. The van der Waals surface area contributed by atoms with Gasteiger partial charge in [0.25, 0.3) is 5.91 Å². The summed E-state index contributed by atoms with van der Waals surface area (Å²) in [5.74, 6) is -1.78. The standard InChI is InChI=1S/C22H20FN3O5/c1-30-18-10-9-16(25-20(18)14-7-5-11-24-22(14)31-2)21(29)26-17(12-19(27)28)13-6-3-4-8-15(13)23/h3-11,17H,12H2,1-2H3,(H,26,29)(H,27,28)/t17-/m0/s1. The molecule has 0 aliphatic rings. The van der Waals surface area contributed by atoms with Crippen LogP contribution in [0.5, 0.6) is 11.6 Å². The summed E-state index contributed by atoms with van der Waals surface area (Å²) in [6.45, 7) is 0. The molecule has 1 amide bonds. The van der Waals surface area contributed by atoms with Crippen LogP contribution in [0.2, 0.25) is 0 Å². The Bertz CT molecular complexity index is 1110. The topological polar surface area (TPSA) is 111 Å². The highest BCUT2D eigenvalue weighted by Crippen LogP contribution is 2.33. The van der Waals surface area contributed by atoms with Gasteiger partial charge in [-0.05, 0) is 30.3 Å². The molecular formula is C22H20FN3O5. The molecule has 0 spiro atoms. The van der Waals surface area contributed by atoms with Crippen LogP contribution in [0.4, 0.5) is 4.39 Å². The quantitative estimate of drug-likeness (QED) is 0.570. The molecule has 160 valence electrons. The number of rotatable bonds is 8. The van der Waals surface area contributed by atoms with Crippen molar-refractivity contribution in [2.45, 2.75) is 12.5 Å². The Morgan fingerprint density at radius 3 is 2.55 bits per heavy atom. The molecule has 0 unspecified atom stereocenters. The number of benzene rings is 1. The largest absolute Gasteiger partial charge is 0.494 e. The van der Waals surface area contributed by atoms with Crippen LogP contribution < -0.4 is 14.8 Å². The van der Waals surface area contributed by atoms with Crippen molar-refractivity contribution in [1.29, 1.82) is 0 Å². The molecule has 2 N–H and O–H groups in total. The smallest absolute Gasteiger partial charge is 0.305 e. The summed E-state index contributed by atoms with van der Waals surface area (Å²) in [6.07, 6.45) is 1.06. The van der Waals surface area contributed by atoms with Crippen LogP contribution >= 0.6 is 0 Å². The van der Waals surface area contributed by atoms with E-state index in [1.165, 1.54) is 38.5 Å². The van der Waals surface area contributed by atoms with Crippen LogP contribution in [0.1, 0.15) is 28.5 Å². The second kappa shape index (κ2) is 9.66. The lowest BCUT2D eigenvalue weighted by Gasteiger charge is -2.18. The van der Waals surface area contributed by atoms with E-state index in [1.54, 1.807) is 30.5 Å². The maximum absolute atomic E-state index is 14.2. The molecule has 2 heterocycles. The van der Waals surface area contributed by atoms with Crippen molar-refractivity contribution >= 4 is 11.9 Å². The molecule has 9 heteroatoms. The fourth-order valence-electron chi connectivity index (χ4n) is 3.07. The molecule has 8 nitrogen and oxygen atoms in total. The molecule has 31 heavy (non-hydrogen) atoms. The van der Waals surface area contributed by atoms with E-state index >= 15 is 0 Å². The van der Waals surface area contributed by atoms with Crippen molar-refractivity contribution in [3.8, 4) is 22.9 Å². The van der Waals surface area contributed by atoms with E-state index in [0.29, 0.717) is 22.9 Å². The second-order valence-electron chi connectivity index (χ2n) is 6.45. The number of methoxy groups -OCH3 is 2. The van der Waals surface area contributed by atoms with Crippen molar-refractivity contribution in [2.24, 2.45) is 0 Å². The van der Waals surface area contributed by atoms with Gasteiger partial charge in [0, 0.05) is 11.8 Å². The lowest BCUT2D eigenvalue weighted by molar-refractivity contribution is -0.137. The van der Waals surface area contributed by atoms with Gasteiger partial charge in [0.15, 0.2) is 0 Å². The predicted molar refractivity (Wildman–Crippen MR) is 109 cm³/mol. The number of carbonyl (C=O) groups is 2. The maximum Gasteiger partial charge on any atom is 0.305 e. The highest BCUT2D eigenvalue weighted by atomic mass is 19.1. The first-order chi connectivity index (χ1) is 14.9. The van der Waals surface area contributed by atoms with Gasteiger partial charge in [-0.3, -0.25) is 9.59 Å². The minimum atomic E-state index is -1.18. The monoisotopic (exact) mass is 425 g/mol. The number of amides is 1. The van der Waals surface area contributed by atoms with Gasteiger partial charge in [0.05, 0.1) is 32.2 Å². The van der Waals surface area contributed by atoms with Crippen molar-refractivity contribution in [2.75, 3.05) is 14.2 Å². The number of carboxylic acid groups (broad SMARTS) is 1. The van der Waals surface area contributed by atoms with Crippen molar-refractivity contribution in [3.63, 3.8) is 0 Å². The number of hydrogen-bond donors (Lipinski definition) is 2. The molecule has 0 saturated heterocycles. The fraction of sp³-hybridized carbons (Fsp3) is 0.182. The molecule has 0 radical (unpaired) electrons. The summed E-state index contributed by atoms with van der Waals surface area (Å²) in [5, 5.41) is 11.8. The number of carbonyl (C=O) groups excluding carboxylic acids is 1. The first-order valence-corrected chi connectivity index (χ1v) is 9.26. The number of nitrogens with zero attached hydrogens (tertiary/aromatic N) is 2. The van der Waals surface area contributed by atoms with Crippen molar-refractivity contribution < 1.29 is 28.6 Å². The summed E-state index contributed by atoms with van der Waals surface area (Å²) in [7, 11) is 2.92. The molecule has 1 atom stereocenters. The van der Waals surface area contributed by atoms with Gasteiger partial charge in [-0.25, -0.2) is 14.4 Å². The van der Waals surface area contributed by atoms with E-state index in [-0.39, 0.29) is 11.3 Å². The van der Waals surface area contributed by atoms with E-state index in [9.17, 15) is 19.1 Å². The second-order valence-corrected chi connectivity index (χ2v) is 6.45. The number of hydrogen-bond acceptors (Lipinski definition) is 6. The number of aliphatic carboxylic acids is 1. The molecule has 2 aromatic heterocycles. The van der Waals surface area contributed by atoms with Gasteiger partial charge in [-0.1, -0.05) is 18.2 Å². The minimum absolute atomic E-state index is 0.00608. The molecule has 1 aromatic carbocycles. The van der Waals surface area contributed by atoms with E-state index in [1.807, 2.05) is 0 Å². The Labute approximate surface area is 177 Å². The molecule has 0 bridgehead atoms. The van der Waals surface area contributed by atoms with E-state index < -0.39 is 30.2 Å². The lowest BCUT2D eigenvalue weighted by atomic mass is 10.0. The SMILES string of the molecule is COc1ccc(C(=O)N[C@@H](CC(=O)O)c2ccccc2F)nc1-c1cccnc1OC. The maximum atomic E-state index is 14.2. The third-order valence-corrected chi connectivity index (χ3v) is 4.50. The average molecular weight is 425 g/mol. The Morgan fingerprint density at radius 1 is 1.10 bits per heavy atom. The van der Waals surface area contributed by atoms with Gasteiger partial charge < -0.3 is 19.9 Å². The number of carboxylic acids is 1. The Kier molecular flexibility index (Phi) is 6.76. The van der Waals surface area contributed by atoms with Crippen LogP contribution in [-0.2, 0) is 4.79 Å². The zero-order valence-electron chi connectivity index (χ0n) is 16.8. The highest BCUT2D eigenvalue weighted by molar-refractivity contribution is 5.94. The molecule has 0 aliphatic carbocycles. The van der Waals surface area contributed by atoms with E-state index in [0.717, 1.165) is 0 Å².